The fourth-order valence-electron chi connectivity index (χ4n) is 1.91. The quantitative estimate of drug-likeness (QED) is 0.574. The number of hydrogen-bond donors (Lipinski definition) is 0. The zero-order valence-electron chi connectivity index (χ0n) is 11.2. The second-order valence-electron chi connectivity index (χ2n) is 4.41. The Morgan fingerprint density at radius 2 is 1.83 bits per heavy atom. The molecular formula is C15H20O3. The van der Waals surface area contributed by atoms with Gasteiger partial charge < -0.3 is 4.74 Å². The third kappa shape index (κ3) is 3.69. The van der Waals surface area contributed by atoms with Gasteiger partial charge in [-0.05, 0) is 30.9 Å². The molecule has 0 aliphatic carbocycles. The minimum absolute atomic E-state index is 0.192. The van der Waals surface area contributed by atoms with Gasteiger partial charge in [-0.15, -0.1) is 0 Å². The second kappa shape index (κ2) is 6.94. The predicted molar refractivity (Wildman–Crippen MR) is 70.5 cm³/mol. The molecule has 1 atom stereocenters. The molecule has 1 unspecified atom stereocenters. The van der Waals surface area contributed by atoms with Gasteiger partial charge in [0.1, 0.15) is 11.7 Å². The van der Waals surface area contributed by atoms with E-state index >= 15 is 0 Å². The lowest BCUT2D eigenvalue weighted by Gasteiger charge is -2.12. The zero-order chi connectivity index (χ0) is 13.5. The van der Waals surface area contributed by atoms with Crippen molar-refractivity contribution in [2.45, 2.75) is 39.0 Å². The minimum Gasteiger partial charge on any atom is -0.468 e. The smallest absolute Gasteiger partial charge is 0.320 e. The van der Waals surface area contributed by atoms with Gasteiger partial charge in [0.05, 0.1) is 7.11 Å². The maximum Gasteiger partial charge on any atom is 0.320 e. The molecule has 3 heteroatoms. The summed E-state index contributed by atoms with van der Waals surface area (Å²) in [4.78, 5) is 23.1. The minimum atomic E-state index is -0.796. The molecule has 18 heavy (non-hydrogen) atoms. The molecule has 0 aromatic heterocycles. The second-order valence-corrected chi connectivity index (χ2v) is 4.41. The van der Waals surface area contributed by atoms with E-state index in [-0.39, 0.29) is 5.78 Å². The number of ether oxygens (including phenoxy) is 1. The number of benzene rings is 1. The monoisotopic (exact) mass is 248 g/mol. The van der Waals surface area contributed by atoms with Gasteiger partial charge in [-0.1, -0.05) is 37.6 Å². The summed E-state index contributed by atoms with van der Waals surface area (Å²) in [5.74, 6) is -1.48. The SMILES string of the molecule is CCCCc1ccc(C(C(C)=O)C(=O)OC)cc1. The fourth-order valence-corrected chi connectivity index (χ4v) is 1.91. The standard InChI is InChI=1S/C15H20O3/c1-4-5-6-12-7-9-13(10-8-12)14(11(2)16)15(17)18-3/h7-10,14H,4-6H2,1-3H3. The van der Waals surface area contributed by atoms with Crippen molar-refractivity contribution in [2.24, 2.45) is 0 Å². The van der Waals surface area contributed by atoms with E-state index in [1.807, 2.05) is 24.3 Å². The van der Waals surface area contributed by atoms with Crippen LogP contribution >= 0.6 is 0 Å². The van der Waals surface area contributed by atoms with Crippen molar-refractivity contribution >= 4 is 11.8 Å². The maximum atomic E-state index is 11.6. The highest BCUT2D eigenvalue weighted by atomic mass is 16.5. The number of ketones is 1. The van der Waals surface area contributed by atoms with Crippen LogP contribution in [0.4, 0.5) is 0 Å². The first kappa shape index (κ1) is 14.4. The number of Topliss-reactive ketones (excluding diaryl/α,β-unsaturated/α-hetero) is 1. The summed E-state index contributed by atoms with van der Waals surface area (Å²) >= 11 is 0. The van der Waals surface area contributed by atoms with E-state index in [9.17, 15) is 9.59 Å². The Balaban J connectivity index is 2.87. The summed E-state index contributed by atoms with van der Waals surface area (Å²) in [5.41, 5.74) is 1.93. The molecule has 0 saturated heterocycles. The van der Waals surface area contributed by atoms with Gasteiger partial charge in [-0.3, -0.25) is 9.59 Å². The Morgan fingerprint density at radius 3 is 2.28 bits per heavy atom. The van der Waals surface area contributed by atoms with Crippen LogP contribution in [0.3, 0.4) is 0 Å². The molecule has 0 aliphatic heterocycles. The van der Waals surface area contributed by atoms with Crippen molar-refractivity contribution in [2.75, 3.05) is 7.11 Å². The highest BCUT2D eigenvalue weighted by molar-refractivity contribution is 6.03. The molecule has 0 radical (unpaired) electrons. The topological polar surface area (TPSA) is 43.4 Å². The van der Waals surface area contributed by atoms with Crippen LogP contribution in [0.2, 0.25) is 0 Å². The van der Waals surface area contributed by atoms with Crippen LogP contribution in [0, 0.1) is 0 Å². The first-order chi connectivity index (χ1) is 8.60. The third-order valence-electron chi connectivity index (χ3n) is 2.98. The van der Waals surface area contributed by atoms with E-state index < -0.39 is 11.9 Å². The highest BCUT2D eigenvalue weighted by Gasteiger charge is 2.25. The van der Waals surface area contributed by atoms with Gasteiger partial charge in [0.15, 0.2) is 0 Å². The average Bonchev–Trinajstić information content (AvgIpc) is 2.37. The zero-order valence-corrected chi connectivity index (χ0v) is 11.2. The number of rotatable bonds is 6. The summed E-state index contributed by atoms with van der Waals surface area (Å²) in [7, 11) is 1.30. The van der Waals surface area contributed by atoms with E-state index in [1.54, 1.807) is 0 Å². The van der Waals surface area contributed by atoms with Crippen molar-refractivity contribution in [3.8, 4) is 0 Å². The summed E-state index contributed by atoms with van der Waals surface area (Å²) in [6.07, 6.45) is 3.33. The lowest BCUT2D eigenvalue weighted by Crippen LogP contribution is -2.21. The van der Waals surface area contributed by atoms with Crippen molar-refractivity contribution < 1.29 is 14.3 Å². The molecule has 98 valence electrons. The molecule has 1 rings (SSSR count). The molecule has 0 heterocycles. The molecule has 3 nitrogen and oxygen atoms in total. The average molecular weight is 248 g/mol. The molecular weight excluding hydrogens is 228 g/mol. The lowest BCUT2D eigenvalue weighted by atomic mass is 9.94. The number of hydrogen-bond acceptors (Lipinski definition) is 3. The van der Waals surface area contributed by atoms with Crippen LogP contribution in [0.25, 0.3) is 0 Å². The molecule has 0 aliphatic rings. The summed E-state index contributed by atoms with van der Waals surface area (Å²) in [6.45, 7) is 3.56. The molecule has 0 fully saturated rings. The molecule has 0 bridgehead atoms. The van der Waals surface area contributed by atoms with Crippen LogP contribution in [0.5, 0.6) is 0 Å². The van der Waals surface area contributed by atoms with Gasteiger partial charge in [0.2, 0.25) is 0 Å². The van der Waals surface area contributed by atoms with E-state index in [0.717, 1.165) is 19.3 Å². The predicted octanol–water partition coefficient (Wildman–Crippen LogP) is 2.87. The third-order valence-corrected chi connectivity index (χ3v) is 2.98. The van der Waals surface area contributed by atoms with Crippen LogP contribution in [-0.4, -0.2) is 18.9 Å². The highest BCUT2D eigenvalue weighted by Crippen LogP contribution is 2.19. The largest absolute Gasteiger partial charge is 0.468 e. The van der Waals surface area contributed by atoms with Gasteiger partial charge >= 0.3 is 5.97 Å². The number of carbonyl (C=O) groups excluding carboxylic acids is 2. The normalized spacial score (nSPS) is 11.9. The fraction of sp³-hybridized carbons (Fsp3) is 0.467. The van der Waals surface area contributed by atoms with E-state index in [0.29, 0.717) is 5.56 Å². The molecule has 1 aromatic rings. The Hall–Kier alpha value is -1.64. The summed E-state index contributed by atoms with van der Waals surface area (Å²) in [5, 5.41) is 0. The van der Waals surface area contributed by atoms with Crippen molar-refractivity contribution in [3.05, 3.63) is 35.4 Å². The van der Waals surface area contributed by atoms with Crippen LogP contribution in [-0.2, 0) is 20.7 Å². The van der Waals surface area contributed by atoms with E-state index in [4.69, 9.17) is 0 Å². The molecule has 1 aromatic carbocycles. The summed E-state index contributed by atoms with van der Waals surface area (Å²) < 4.78 is 4.66. The molecule has 0 spiro atoms. The van der Waals surface area contributed by atoms with Crippen molar-refractivity contribution in [1.29, 1.82) is 0 Å². The maximum absolute atomic E-state index is 11.6. The Morgan fingerprint density at radius 1 is 1.22 bits per heavy atom. The van der Waals surface area contributed by atoms with Crippen LogP contribution in [0.15, 0.2) is 24.3 Å². The molecule has 0 saturated carbocycles. The number of aryl methyl sites for hydroxylation is 1. The number of esters is 1. The van der Waals surface area contributed by atoms with Gasteiger partial charge in [0, 0.05) is 0 Å². The van der Waals surface area contributed by atoms with Crippen LogP contribution < -0.4 is 0 Å². The van der Waals surface area contributed by atoms with Crippen molar-refractivity contribution in [3.63, 3.8) is 0 Å². The van der Waals surface area contributed by atoms with Crippen molar-refractivity contribution in [1.82, 2.24) is 0 Å². The number of unbranched alkanes of at least 4 members (excludes halogenated alkanes) is 1. The van der Waals surface area contributed by atoms with Crippen LogP contribution in [0.1, 0.15) is 43.7 Å². The Kier molecular flexibility index (Phi) is 5.56. The van der Waals surface area contributed by atoms with E-state index in [1.165, 1.54) is 19.6 Å². The van der Waals surface area contributed by atoms with Gasteiger partial charge in [-0.2, -0.15) is 0 Å². The Bertz CT molecular complexity index is 406. The van der Waals surface area contributed by atoms with E-state index in [2.05, 4.69) is 11.7 Å². The molecule has 0 amide bonds. The Labute approximate surface area is 108 Å². The molecule has 0 N–H and O–H groups in total. The first-order valence-corrected chi connectivity index (χ1v) is 6.27. The first-order valence-electron chi connectivity index (χ1n) is 6.27. The van der Waals surface area contributed by atoms with Gasteiger partial charge in [0.25, 0.3) is 0 Å². The lowest BCUT2D eigenvalue weighted by molar-refractivity contribution is -0.145. The number of carbonyl (C=O) groups is 2. The summed E-state index contributed by atoms with van der Waals surface area (Å²) in [6, 6.07) is 7.63. The number of methoxy groups -OCH3 is 1. The van der Waals surface area contributed by atoms with Gasteiger partial charge in [-0.25, -0.2) is 0 Å².